The van der Waals surface area contributed by atoms with Crippen molar-refractivity contribution >= 4 is 22.6 Å². The zero-order valence-corrected chi connectivity index (χ0v) is 11.4. The van der Waals surface area contributed by atoms with Crippen molar-refractivity contribution in [3.63, 3.8) is 0 Å². The first-order valence-corrected chi connectivity index (χ1v) is 7.25. The first-order chi connectivity index (χ1) is 9.02. The maximum absolute atomic E-state index is 11.9. The summed E-state index contributed by atoms with van der Waals surface area (Å²) in [6.07, 6.45) is 0.284. The van der Waals surface area contributed by atoms with E-state index in [1.807, 2.05) is 0 Å². The second-order valence-corrected chi connectivity index (χ2v) is 5.52. The van der Waals surface area contributed by atoms with Crippen LogP contribution in [0.2, 0.25) is 0 Å². The topological polar surface area (TPSA) is 80.7 Å². The molecule has 0 amide bonds. The van der Waals surface area contributed by atoms with Crippen LogP contribution < -0.4 is 4.74 Å². The van der Waals surface area contributed by atoms with Gasteiger partial charge in [0.2, 0.25) is 0 Å². The number of methoxy groups -OCH3 is 1. The van der Waals surface area contributed by atoms with Gasteiger partial charge in [-0.2, -0.15) is 0 Å². The third kappa shape index (κ3) is 5.65. The highest BCUT2D eigenvalue weighted by Gasteiger charge is 2.11. The summed E-state index contributed by atoms with van der Waals surface area (Å²) in [5, 5.41) is 8.46. The summed E-state index contributed by atoms with van der Waals surface area (Å²) in [5.74, 6) is -0.444. The largest absolute Gasteiger partial charge is 0.497 e. The predicted molar refractivity (Wildman–Crippen MR) is 72.1 cm³/mol. The Bertz CT molecular complexity index is 484. The van der Waals surface area contributed by atoms with Gasteiger partial charge in [0.05, 0.1) is 12.9 Å². The van der Waals surface area contributed by atoms with E-state index in [4.69, 9.17) is 9.84 Å². The zero-order valence-electron chi connectivity index (χ0n) is 10.6. The fraction of sp³-hybridized carbons (Fsp3) is 0.385. The minimum Gasteiger partial charge on any atom is -0.497 e. The Hall–Kier alpha value is -1.69. The molecule has 1 unspecified atom stereocenters. The van der Waals surface area contributed by atoms with E-state index in [0.717, 1.165) is 0 Å². The molecular formula is C13H16O5S. The SMILES string of the molecule is COc1cccc(C(=O)CS(=O)CCCC(=O)O)c1. The van der Waals surface area contributed by atoms with E-state index in [9.17, 15) is 13.8 Å². The number of ketones is 1. The zero-order chi connectivity index (χ0) is 14.3. The summed E-state index contributed by atoms with van der Waals surface area (Å²) in [5.41, 5.74) is 0.450. The molecule has 104 valence electrons. The first-order valence-electron chi connectivity index (χ1n) is 5.77. The Morgan fingerprint density at radius 1 is 1.37 bits per heavy atom. The number of carbonyl (C=O) groups is 2. The lowest BCUT2D eigenvalue weighted by atomic mass is 10.1. The van der Waals surface area contributed by atoms with E-state index < -0.39 is 16.8 Å². The Kier molecular flexibility index (Phi) is 6.21. The standard InChI is InChI=1S/C13H16O5S/c1-18-11-5-2-4-10(8-11)12(14)9-19(17)7-3-6-13(15)16/h2,4-5,8H,3,6-7,9H2,1H3,(H,15,16). The molecule has 1 aromatic carbocycles. The van der Waals surface area contributed by atoms with Gasteiger partial charge in [0.15, 0.2) is 5.78 Å². The summed E-state index contributed by atoms with van der Waals surface area (Å²) in [6.45, 7) is 0. The molecule has 0 heterocycles. The van der Waals surface area contributed by atoms with E-state index in [0.29, 0.717) is 17.7 Å². The van der Waals surface area contributed by atoms with Gasteiger partial charge < -0.3 is 9.84 Å². The Balaban J connectivity index is 2.49. The number of carboxylic acids is 1. The van der Waals surface area contributed by atoms with Gasteiger partial charge in [0, 0.05) is 28.5 Å². The smallest absolute Gasteiger partial charge is 0.303 e. The fourth-order valence-electron chi connectivity index (χ4n) is 1.48. The van der Waals surface area contributed by atoms with E-state index in [1.165, 1.54) is 7.11 Å². The minimum atomic E-state index is -1.33. The molecule has 1 rings (SSSR count). The molecule has 1 N–H and O–H groups in total. The maximum Gasteiger partial charge on any atom is 0.303 e. The van der Waals surface area contributed by atoms with Crippen molar-refractivity contribution in [2.24, 2.45) is 0 Å². The van der Waals surface area contributed by atoms with Crippen molar-refractivity contribution in [2.75, 3.05) is 18.6 Å². The summed E-state index contributed by atoms with van der Waals surface area (Å²) < 4.78 is 16.6. The van der Waals surface area contributed by atoms with E-state index >= 15 is 0 Å². The average molecular weight is 284 g/mol. The molecule has 0 fully saturated rings. The molecule has 0 saturated carbocycles. The molecule has 1 atom stereocenters. The van der Waals surface area contributed by atoms with Crippen molar-refractivity contribution in [3.05, 3.63) is 29.8 Å². The minimum absolute atomic E-state index is 0.0287. The molecule has 5 nitrogen and oxygen atoms in total. The van der Waals surface area contributed by atoms with Crippen LogP contribution in [0.1, 0.15) is 23.2 Å². The van der Waals surface area contributed by atoms with Gasteiger partial charge in [-0.05, 0) is 18.6 Å². The molecule has 0 spiro atoms. The van der Waals surface area contributed by atoms with Crippen molar-refractivity contribution < 1.29 is 23.6 Å². The molecule has 0 bridgehead atoms. The summed E-state index contributed by atoms with van der Waals surface area (Å²) >= 11 is 0. The van der Waals surface area contributed by atoms with Crippen LogP contribution in [0.15, 0.2) is 24.3 Å². The van der Waals surface area contributed by atoms with Crippen LogP contribution in [0.5, 0.6) is 5.75 Å². The third-order valence-corrected chi connectivity index (χ3v) is 3.77. The van der Waals surface area contributed by atoms with Crippen LogP contribution in [0.4, 0.5) is 0 Å². The first kappa shape index (κ1) is 15.4. The molecular weight excluding hydrogens is 268 g/mol. The van der Waals surface area contributed by atoms with Crippen LogP contribution in [0.3, 0.4) is 0 Å². The molecule has 0 aliphatic rings. The Morgan fingerprint density at radius 3 is 2.74 bits per heavy atom. The number of aliphatic carboxylic acids is 1. The number of benzene rings is 1. The number of ether oxygens (including phenoxy) is 1. The maximum atomic E-state index is 11.9. The summed E-state index contributed by atoms with van der Waals surface area (Å²) in [7, 11) is 0.178. The van der Waals surface area contributed by atoms with Crippen LogP contribution in [0, 0.1) is 0 Å². The summed E-state index contributed by atoms with van der Waals surface area (Å²) in [6, 6.07) is 6.65. The second kappa shape index (κ2) is 7.68. The second-order valence-electron chi connectivity index (χ2n) is 3.94. The number of Topliss-reactive ketones (excluding diaryl/α,β-unsaturated/α-hetero) is 1. The van der Waals surface area contributed by atoms with Gasteiger partial charge in [0.1, 0.15) is 5.75 Å². The normalized spacial score (nSPS) is 11.8. The fourth-order valence-corrected chi connectivity index (χ4v) is 2.55. The lowest BCUT2D eigenvalue weighted by Gasteiger charge is -2.04. The highest BCUT2D eigenvalue weighted by atomic mass is 32.2. The molecule has 1 aromatic rings. The molecule has 0 aliphatic carbocycles. The van der Waals surface area contributed by atoms with E-state index in [1.54, 1.807) is 24.3 Å². The van der Waals surface area contributed by atoms with Crippen LogP contribution >= 0.6 is 0 Å². The number of hydrogen-bond acceptors (Lipinski definition) is 4. The Morgan fingerprint density at radius 2 is 2.11 bits per heavy atom. The third-order valence-electron chi connectivity index (χ3n) is 2.45. The van der Waals surface area contributed by atoms with Crippen molar-refractivity contribution in [3.8, 4) is 5.75 Å². The number of rotatable bonds is 8. The molecule has 0 aliphatic heterocycles. The lowest BCUT2D eigenvalue weighted by molar-refractivity contribution is -0.137. The molecule has 0 radical (unpaired) electrons. The van der Waals surface area contributed by atoms with Gasteiger partial charge in [-0.25, -0.2) is 0 Å². The molecule has 0 aromatic heterocycles. The average Bonchev–Trinajstić information content (AvgIpc) is 2.38. The number of carboxylic acid groups (broad SMARTS) is 1. The van der Waals surface area contributed by atoms with Crippen LogP contribution in [-0.4, -0.2) is 39.7 Å². The molecule has 19 heavy (non-hydrogen) atoms. The van der Waals surface area contributed by atoms with Gasteiger partial charge in [0.25, 0.3) is 0 Å². The molecule has 0 saturated heterocycles. The highest BCUT2D eigenvalue weighted by molar-refractivity contribution is 7.85. The van der Waals surface area contributed by atoms with E-state index in [-0.39, 0.29) is 23.7 Å². The number of carbonyl (C=O) groups excluding carboxylic acids is 1. The van der Waals surface area contributed by atoms with E-state index in [2.05, 4.69) is 0 Å². The van der Waals surface area contributed by atoms with Crippen LogP contribution in [-0.2, 0) is 15.6 Å². The summed E-state index contributed by atoms with van der Waals surface area (Å²) in [4.78, 5) is 22.2. The Labute approximate surface area is 114 Å². The van der Waals surface area contributed by atoms with Gasteiger partial charge >= 0.3 is 5.97 Å². The monoisotopic (exact) mass is 284 g/mol. The lowest BCUT2D eigenvalue weighted by Crippen LogP contribution is -2.14. The van der Waals surface area contributed by atoms with Crippen molar-refractivity contribution in [1.82, 2.24) is 0 Å². The highest BCUT2D eigenvalue weighted by Crippen LogP contribution is 2.13. The predicted octanol–water partition coefficient (Wildman–Crippen LogP) is 1.49. The van der Waals surface area contributed by atoms with Crippen LogP contribution in [0.25, 0.3) is 0 Å². The van der Waals surface area contributed by atoms with Crippen molar-refractivity contribution in [1.29, 1.82) is 0 Å². The molecule has 6 heteroatoms. The van der Waals surface area contributed by atoms with Gasteiger partial charge in [-0.15, -0.1) is 0 Å². The number of hydrogen-bond donors (Lipinski definition) is 1. The van der Waals surface area contributed by atoms with Crippen molar-refractivity contribution in [2.45, 2.75) is 12.8 Å². The van der Waals surface area contributed by atoms with Gasteiger partial charge in [-0.3, -0.25) is 13.8 Å². The van der Waals surface area contributed by atoms with Gasteiger partial charge in [-0.1, -0.05) is 12.1 Å². The quantitative estimate of drug-likeness (QED) is 0.731.